The lowest BCUT2D eigenvalue weighted by Crippen LogP contribution is -2.16. The van der Waals surface area contributed by atoms with Gasteiger partial charge in [-0.05, 0) is 42.8 Å². The smallest absolute Gasteiger partial charge is 0.417 e. The lowest BCUT2D eigenvalue weighted by Gasteiger charge is -2.12. The minimum atomic E-state index is -4.58. The molecule has 0 bridgehead atoms. The maximum atomic E-state index is 12.8. The van der Waals surface area contributed by atoms with E-state index in [-0.39, 0.29) is 18.7 Å². The molecule has 0 aliphatic carbocycles. The highest BCUT2D eigenvalue weighted by Crippen LogP contribution is 2.36. The van der Waals surface area contributed by atoms with Crippen LogP contribution in [0.3, 0.4) is 0 Å². The molecule has 0 heterocycles. The molecule has 1 N–H and O–H groups in total. The standard InChI is InChI=1S/C17H15ClF3NO2/c1-11-3-2-4-13(9-11)24-8-7-16(23)22-12-5-6-15(18)14(10-12)17(19,20)21/h2-6,9-10H,7-8H2,1H3,(H,22,23). The van der Waals surface area contributed by atoms with Gasteiger partial charge in [-0.25, -0.2) is 0 Å². The van der Waals surface area contributed by atoms with Crippen LogP contribution in [-0.2, 0) is 11.0 Å². The molecule has 3 nitrogen and oxygen atoms in total. The van der Waals surface area contributed by atoms with E-state index < -0.39 is 22.7 Å². The van der Waals surface area contributed by atoms with Crippen molar-refractivity contribution in [2.24, 2.45) is 0 Å². The second kappa shape index (κ2) is 7.57. The number of carbonyl (C=O) groups excluding carboxylic acids is 1. The molecule has 1 amide bonds. The van der Waals surface area contributed by atoms with Crippen LogP contribution in [0, 0.1) is 6.92 Å². The summed E-state index contributed by atoms with van der Waals surface area (Å²) in [4.78, 5) is 11.8. The van der Waals surface area contributed by atoms with E-state index in [2.05, 4.69) is 5.32 Å². The summed E-state index contributed by atoms with van der Waals surface area (Å²) >= 11 is 5.53. The number of hydrogen-bond acceptors (Lipinski definition) is 2. The molecule has 0 saturated heterocycles. The van der Waals surface area contributed by atoms with E-state index in [1.807, 2.05) is 25.1 Å². The highest BCUT2D eigenvalue weighted by molar-refractivity contribution is 6.31. The largest absolute Gasteiger partial charge is 0.493 e. The Balaban J connectivity index is 1.91. The number of aryl methyl sites for hydroxylation is 1. The van der Waals surface area contributed by atoms with E-state index in [1.54, 1.807) is 6.07 Å². The first kappa shape index (κ1) is 18.1. The van der Waals surface area contributed by atoms with Crippen LogP contribution in [0.1, 0.15) is 17.5 Å². The summed E-state index contributed by atoms with van der Waals surface area (Å²) in [6.07, 6.45) is -4.57. The Morgan fingerprint density at radius 3 is 2.62 bits per heavy atom. The Bertz CT molecular complexity index is 732. The Hall–Kier alpha value is -2.21. The van der Waals surface area contributed by atoms with Gasteiger partial charge in [-0.3, -0.25) is 4.79 Å². The first-order valence-electron chi connectivity index (χ1n) is 7.12. The number of benzene rings is 2. The van der Waals surface area contributed by atoms with Crippen molar-refractivity contribution in [3.8, 4) is 5.75 Å². The van der Waals surface area contributed by atoms with E-state index in [9.17, 15) is 18.0 Å². The lowest BCUT2D eigenvalue weighted by molar-refractivity contribution is -0.137. The number of amides is 1. The van der Waals surface area contributed by atoms with E-state index in [4.69, 9.17) is 16.3 Å². The zero-order chi connectivity index (χ0) is 17.7. The molecule has 0 radical (unpaired) electrons. The van der Waals surface area contributed by atoms with Crippen LogP contribution in [0.5, 0.6) is 5.75 Å². The molecule has 7 heteroatoms. The topological polar surface area (TPSA) is 38.3 Å². The summed E-state index contributed by atoms with van der Waals surface area (Å²) in [5.74, 6) is 0.187. The third kappa shape index (κ3) is 5.16. The van der Waals surface area contributed by atoms with Crippen molar-refractivity contribution in [3.05, 3.63) is 58.6 Å². The van der Waals surface area contributed by atoms with Gasteiger partial charge in [0, 0.05) is 5.69 Å². The van der Waals surface area contributed by atoms with Crippen LogP contribution in [0.2, 0.25) is 5.02 Å². The zero-order valence-corrected chi connectivity index (χ0v) is 13.5. The number of alkyl halides is 3. The van der Waals surface area contributed by atoms with Crippen LogP contribution in [0.15, 0.2) is 42.5 Å². The second-order valence-electron chi connectivity index (χ2n) is 5.16. The summed E-state index contributed by atoms with van der Waals surface area (Å²) < 4.78 is 43.7. The van der Waals surface area contributed by atoms with Gasteiger partial charge in [-0.1, -0.05) is 23.7 Å². The zero-order valence-electron chi connectivity index (χ0n) is 12.8. The molecule has 24 heavy (non-hydrogen) atoms. The van der Waals surface area contributed by atoms with Crippen LogP contribution < -0.4 is 10.1 Å². The number of halogens is 4. The van der Waals surface area contributed by atoms with Crippen LogP contribution in [0.25, 0.3) is 0 Å². The van der Waals surface area contributed by atoms with Crippen LogP contribution >= 0.6 is 11.6 Å². The Morgan fingerprint density at radius 2 is 1.96 bits per heavy atom. The normalized spacial score (nSPS) is 11.2. The van der Waals surface area contributed by atoms with Crippen molar-refractivity contribution >= 4 is 23.2 Å². The third-order valence-corrected chi connectivity index (χ3v) is 3.47. The van der Waals surface area contributed by atoms with Crippen LogP contribution in [0.4, 0.5) is 18.9 Å². The maximum Gasteiger partial charge on any atom is 0.417 e. The molecule has 0 atom stereocenters. The lowest BCUT2D eigenvalue weighted by atomic mass is 10.2. The second-order valence-corrected chi connectivity index (χ2v) is 5.56. The number of nitrogens with one attached hydrogen (secondary N) is 1. The fourth-order valence-electron chi connectivity index (χ4n) is 2.01. The predicted molar refractivity (Wildman–Crippen MR) is 86.4 cm³/mol. The third-order valence-electron chi connectivity index (χ3n) is 3.14. The molecule has 0 aliphatic rings. The molecule has 0 aliphatic heterocycles. The van der Waals surface area contributed by atoms with Gasteiger partial charge in [-0.2, -0.15) is 13.2 Å². The molecule has 0 aromatic heterocycles. The highest BCUT2D eigenvalue weighted by atomic mass is 35.5. The Morgan fingerprint density at radius 1 is 1.21 bits per heavy atom. The fraction of sp³-hybridized carbons (Fsp3) is 0.235. The minimum absolute atomic E-state index is 0.0118. The highest BCUT2D eigenvalue weighted by Gasteiger charge is 2.33. The summed E-state index contributed by atoms with van der Waals surface area (Å²) in [6.45, 7) is 2.04. The average molecular weight is 358 g/mol. The van der Waals surface area contributed by atoms with Gasteiger partial charge in [0.2, 0.25) is 5.91 Å². The number of anilines is 1. The predicted octanol–water partition coefficient (Wildman–Crippen LogP) is 5.07. The maximum absolute atomic E-state index is 12.8. The minimum Gasteiger partial charge on any atom is -0.493 e. The molecule has 2 rings (SSSR count). The van der Waals surface area contributed by atoms with Crippen molar-refractivity contribution in [3.63, 3.8) is 0 Å². The van der Waals surface area contributed by atoms with E-state index in [0.717, 1.165) is 17.7 Å². The van der Waals surface area contributed by atoms with Crippen molar-refractivity contribution in [1.29, 1.82) is 0 Å². The SMILES string of the molecule is Cc1cccc(OCCC(=O)Nc2ccc(Cl)c(C(F)(F)F)c2)c1. The van der Waals surface area contributed by atoms with Crippen LogP contribution in [-0.4, -0.2) is 12.5 Å². The van der Waals surface area contributed by atoms with Gasteiger partial charge in [0.05, 0.1) is 23.6 Å². The Kier molecular flexibility index (Phi) is 5.72. The first-order chi connectivity index (χ1) is 11.3. The number of rotatable bonds is 5. The number of ether oxygens (including phenoxy) is 1. The van der Waals surface area contributed by atoms with Gasteiger partial charge in [0.1, 0.15) is 5.75 Å². The summed E-state index contributed by atoms with van der Waals surface area (Å²) in [7, 11) is 0. The monoisotopic (exact) mass is 357 g/mol. The molecule has 0 spiro atoms. The van der Waals surface area contributed by atoms with E-state index >= 15 is 0 Å². The molecule has 2 aromatic carbocycles. The molecule has 128 valence electrons. The molecule has 0 saturated carbocycles. The van der Waals surface area contributed by atoms with Gasteiger partial charge in [-0.15, -0.1) is 0 Å². The van der Waals surface area contributed by atoms with Crippen molar-refractivity contribution in [2.45, 2.75) is 19.5 Å². The summed E-state index contributed by atoms with van der Waals surface area (Å²) in [6, 6.07) is 10.6. The van der Waals surface area contributed by atoms with Gasteiger partial charge in [0.15, 0.2) is 0 Å². The molecular weight excluding hydrogens is 343 g/mol. The molecule has 0 unspecified atom stereocenters. The van der Waals surface area contributed by atoms with E-state index in [1.165, 1.54) is 6.07 Å². The van der Waals surface area contributed by atoms with E-state index in [0.29, 0.717) is 5.75 Å². The first-order valence-corrected chi connectivity index (χ1v) is 7.49. The summed E-state index contributed by atoms with van der Waals surface area (Å²) in [5.41, 5.74) is 0.0723. The number of carbonyl (C=O) groups is 1. The van der Waals surface area contributed by atoms with Crippen molar-refractivity contribution in [2.75, 3.05) is 11.9 Å². The fourth-order valence-corrected chi connectivity index (χ4v) is 2.24. The number of hydrogen-bond donors (Lipinski definition) is 1. The van der Waals surface area contributed by atoms with Gasteiger partial charge >= 0.3 is 6.18 Å². The van der Waals surface area contributed by atoms with Crippen molar-refractivity contribution < 1.29 is 22.7 Å². The molecule has 0 fully saturated rings. The quantitative estimate of drug-likeness (QED) is 0.810. The summed E-state index contributed by atoms with van der Waals surface area (Å²) in [5, 5.41) is 1.99. The average Bonchev–Trinajstić information content (AvgIpc) is 2.48. The van der Waals surface area contributed by atoms with Crippen molar-refractivity contribution in [1.82, 2.24) is 0 Å². The molecule has 2 aromatic rings. The van der Waals surface area contributed by atoms with Gasteiger partial charge in [0.25, 0.3) is 0 Å². The molecular formula is C17H15ClF3NO2. The van der Waals surface area contributed by atoms with Gasteiger partial charge < -0.3 is 10.1 Å². The Labute approximate surface area is 142 Å².